The first kappa shape index (κ1) is 15.1. The Kier molecular flexibility index (Phi) is 4.86. The van der Waals surface area contributed by atoms with Gasteiger partial charge in [-0.2, -0.15) is 0 Å². The third-order valence-corrected chi connectivity index (χ3v) is 4.27. The Balaban J connectivity index is 2.59. The summed E-state index contributed by atoms with van der Waals surface area (Å²) in [6.45, 7) is 12.4. The number of anilines is 1. The largest absolute Gasteiger partial charge is 0.493 e. The lowest BCUT2D eigenvalue weighted by atomic mass is 9.99. The molecule has 1 aromatic heterocycles. The summed E-state index contributed by atoms with van der Waals surface area (Å²) in [6, 6.07) is 2.14. The van der Waals surface area contributed by atoms with E-state index >= 15 is 0 Å². The molecule has 0 radical (unpaired) electrons. The Morgan fingerprint density at radius 3 is 2.70 bits per heavy atom. The summed E-state index contributed by atoms with van der Waals surface area (Å²) in [6.07, 6.45) is 1.03. The van der Waals surface area contributed by atoms with Crippen molar-refractivity contribution in [3.8, 4) is 5.75 Å². The molecule has 0 bridgehead atoms. The van der Waals surface area contributed by atoms with Crippen molar-refractivity contribution in [3.63, 3.8) is 0 Å². The van der Waals surface area contributed by atoms with Crippen molar-refractivity contribution in [1.29, 1.82) is 0 Å². The number of benzene rings is 1. The van der Waals surface area contributed by atoms with Crippen LogP contribution in [0.1, 0.15) is 51.2 Å². The summed E-state index contributed by atoms with van der Waals surface area (Å²) >= 11 is 1.74. The van der Waals surface area contributed by atoms with Crippen LogP contribution >= 0.6 is 11.3 Å². The maximum atomic E-state index is 5.96. The maximum absolute atomic E-state index is 5.96. The molecule has 2 rings (SSSR count). The van der Waals surface area contributed by atoms with Crippen LogP contribution in [-0.4, -0.2) is 18.1 Å². The SMILES string of the molecule is CCCOc1cc(C)c2nc(NCC)sc2c1C(C)C. The quantitative estimate of drug-likeness (QED) is 0.818. The molecule has 0 atom stereocenters. The van der Waals surface area contributed by atoms with Gasteiger partial charge in [0.25, 0.3) is 0 Å². The molecule has 0 aliphatic rings. The summed E-state index contributed by atoms with van der Waals surface area (Å²) in [4.78, 5) is 4.72. The lowest BCUT2D eigenvalue weighted by molar-refractivity contribution is 0.313. The fourth-order valence-corrected chi connectivity index (χ4v) is 3.63. The van der Waals surface area contributed by atoms with Gasteiger partial charge in [0.05, 0.1) is 16.8 Å². The van der Waals surface area contributed by atoms with E-state index in [0.717, 1.165) is 36.0 Å². The van der Waals surface area contributed by atoms with E-state index in [4.69, 9.17) is 9.72 Å². The number of thiazole rings is 1. The summed E-state index contributed by atoms with van der Waals surface area (Å²) in [5, 5.41) is 4.32. The van der Waals surface area contributed by atoms with Gasteiger partial charge >= 0.3 is 0 Å². The first-order valence-corrected chi connectivity index (χ1v) is 8.20. The number of hydrogen-bond acceptors (Lipinski definition) is 4. The van der Waals surface area contributed by atoms with Crippen LogP contribution in [0.15, 0.2) is 6.07 Å². The van der Waals surface area contributed by atoms with Gasteiger partial charge in [-0.15, -0.1) is 0 Å². The van der Waals surface area contributed by atoms with Crippen molar-refractivity contribution in [2.24, 2.45) is 0 Å². The van der Waals surface area contributed by atoms with E-state index in [0.29, 0.717) is 5.92 Å². The third kappa shape index (κ3) is 2.90. The molecular formula is C16H24N2OS. The average Bonchev–Trinajstić information content (AvgIpc) is 2.80. The molecule has 0 aliphatic carbocycles. The number of hydrogen-bond donors (Lipinski definition) is 1. The number of aryl methyl sites for hydroxylation is 1. The van der Waals surface area contributed by atoms with Gasteiger partial charge < -0.3 is 10.1 Å². The number of aromatic nitrogens is 1. The molecule has 0 aliphatic heterocycles. The second-order valence-corrected chi connectivity index (χ2v) is 6.33. The van der Waals surface area contributed by atoms with Gasteiger partial charge in [0.15, 0.2) is 5.13 Å². The van der Waals surface area contributed by atoms with Gasteiger partial charge in [0.2, 0.25) is 0 Å². The lowest BCUT2D eigenvalue weighted by Gasteiger charge is -2.15. The van der Waals surface area contributed by atoms with Crippen LogP contribution in [0.2, 0.25) is 0 Å². The molecule has 110 valence electrons. The predicted octanol–water partition coefficient (Wildman–Crippen LogP) is 4.95. The van der Waals surface area contributed by atoms with Crippen LogP contribution in [0.3, 0.4) is 0 Å². The summed E-state index contributed by atoms with van der Waals surface area (Å²) in [5.41, 5.74) is 3.59. The zero-order valence-corrected chi connectivity index (χ0v) is 13.9. The number of nitrogens with zero attached hydrogens (tertiary/aromatic N) is 1. The van der Waals surface area contributed by atoms with E-state index in [9.17, 15) is 0 Å². The first-order chi connectivity index (χ1) is 9.58. The van der Waals surface area contributed by atoms with Gasteiger partial charge in [0.1, 0.15) is 5.75 Å². The zero-order valence-electron chi connectivity index (χ0n) is 13.0. The molecule has 0 saturated carbocycles. The van der Waals surface area contributed by atoms with Gasteiger partial charge in [-0.1, -0.05) is 32.1 Å². The molecule has 1 aromatic carbocycles. The van der Waals surface area contributed by atoms with E-state index in [1.807, 2.05) is 0 Å². The zero-order chi connectivity index (χ0) is 14.7. The molecule has 1 heterocycles. The normalized spacial score (nSPS) is 11.3. The summed E-state index contributed by atoms with van der Waals surface area (Å²) in [7, 11) is 0. The van der Waals surface area contributed by atoms with E-state index in [-0.39, 0.29) is 0 Å². The number of ether oxygens (including phenoxy) is 1. The van der Waals surface area contributed by atoms with Crippen LogP contribution in [0.25, 0.3) is 10.2 Å². The maximum Gasteiger partial charge on any atom is 0.183 e. The van der Waals surface area contributed by atoms with Crippen LogP contribution in [0, 0.1) is 6.92 Å². The molecule has 0 unspecified atom stereocenters. The van der Waals surface area contributed by atoms with Gasteiger partial charge in [-0.25, -0.2) is 4.98 Å². The molecule has 3 nitrogen and oxygen atoms in total. The Morgan fingerprint density at radius 1 is 1.35 bits per heavy atom. The van der Waals surface area contributed by atoms with Crippen LogP contribution < -0.4 is 10.1 Å². The van der Waals surface area contributed by atoms with Crippen molar-refractivity contribution in [1.82, 2.24) is 4.98 Å². The summed E-state index contributed by atoms with van der Waals surface area (Å²) in [5.74, 6) is 1.46. The summed E-state index contributed by atoms with van der Waals surface area (Å²) < 4.78 is 7.23. The van der Waals surface area contributed by atoms with E-state index in [1.165, 1.54) is 15.8 Å². The molecule has 4 heteroatoms. The molecule has 1 N–H and O–H groups in total. The van der Waals surface area contributed by atoms with Crippen molar-refractivity contribution in [3.05, 3.63) is 17.2 Å². The minimum Gasteiger partial charge on any atom is -0.493 e. The highest BCUT2D eigenvalue weighted by atomic mass is 32.1. The molecule has 0 saturated heterocycles. The van der Waals surface area contributed by atoms with Crippen molar-refractivity contribution in [2.75, 3.05) is 18.5 Å². The second kappa shape index (κ2) is 6.44. The Labute approximate surface area is 125 Å². The Bertz CT molecular complexity index is 590. The predicted molar refractivity (Wildman–Crippen MR) is 88.4 cm³/mol. The third-order valence-electron chi connectivity index (χ3n) is 3.23. The van der Waals surface area contributed by atoms with E-state index in [2.05, 4.69) is 46.0 Å². The monoisotopic (exact) mass is 292 g/mol. The van der Waals surface area contributed by atoms with Crippen LogP contribution in [0.5, 0.6) is 5.75 Å². The molecule has 0 spiro atoms. The molecule has 0 amide bonds. The average molecular weight is 292 g/mol. The number of rotatable bonds is 6. The van der Waals surface area contributed by atoms with Crippen molar-refractivity contribution >= 4 is 26.7 Å². The van der Waals surface area contributed by atoms with Crippen molar-refractivity contribution < 1.29 is 4.74 Å². The first-order valence-electron chi connectivity index (χ1n) is 7.39. The van der Waals surface area contributed by atoms with Crippen molar-refractivity contribution in [2.45, 2.75) is 47.0 Å². The fraction of sp³-hybridized carbons (Fsp3) is 0.562. The molecule has 20 heavy (non-hydrogen) atoms. The van der Waals surface area contributed by atoms with E-state index < -0.39 is 0 Å². The number of fused-ring (bicyclic) bond motifs is 1. The highest BCUT2D eigenvalue weighted by Gasteiger charge is 2.18. The standard InChI is InChI=1S/C16H24N2OS/c1-6-8-19-12-9-11(5)14-15(13(12)10(3)4)20-16(18-14)17-7-2/h9-10H,6-8H2,1-5H3,(H,17,18). The van der Waals surface area contributed by atoms with Gasteiger partial charge in [-0.05, 0) is 37.8 Å². The minimum atomic E-state index is 0.430. The lowest BCUT2D eigenvalue weighted by Crippen LogP contribution is -2.01. The second-order valence-electron chi connectivity index (χ2n) is 5.34. The Hall–Kier alpha value is -1.29. The topological polar surface area (TPSA) is 34.1 Å². The highest BCUT2D eigenvalue weighted by Crippen LogP contribution is 2.40. The molecular weight excluding hydrogens is 268 g/mol. The van der Waals surface area contributed by atoms with Crippen LogP contribution in [0.4, 0.5) is 5.13 Å². The Morgan fingerprint density at radius 2 is 2.10 bits per heavy atom. The van der Waals surface area contributed by atoms with Gasteiger partial charge in [0, 0.05) is 12.1 Å². The van der Waals surface area contributed by atoms with Crippen LogP contribution in [-0.2, 0) is 0 Å². The molecule has 0 fully saturated rings. The minimum absolute atomic E-state index is 0.430. The number of nitrogens with one attached hydrogen (secondary N) is 1. The fourth-order valence-electron chi connectivity index (χ4n) is 2.33. The highest BCUT2D eigenvalue weighted by molar-refractivity contribution is 7.22. The van der Waals surface area contributed by atoms with Gasteiger partial charge in [-0.3, -0.25) is 0 Å². The molecule has 2 aromatic rings. The smallest absolute Gasteiger partial charge is 0.183 e. The van der Waals surface area contributed by atoms with E-state index in [1.54, 1.807) is 11.3 Å².